The predicted octanol–water partition coefficient (Wildman–Crippen LogP) is 7.26. The summed E-state index contributed by atoms with van der Waals surface area (Å²) in [5, 5.41) is 0. The van der Waals surface area contributed by atoms with Crippen molar-refractivity contribution < 1.29 is 21.3 Å². The Morgan fingerprint density at radius 3 is 2.12 bits per heavy atom. The van der Waals surface area contributed by atoms with Gasteiger partial charge < -0.3 is 0 Å². The van der Waals surface area contributed by atoms with Crippen LogP contribution < -0.4 is 0 Å². The summed E-state index contributed by atoms with van der Waals surface area (Å²) < 4.78 is 4.16. The summed E-state index contributed by atoms with van der Waals surface area (Å²) in [6, 6.07) is 9.19. The van der Waals surface area contributed by atoms with Crippen molar-refractivity contribution in [3.8, 4) is 0 Å². The molecule has 0 saturated carbocycles. The Kier molecular flexibility index (Phi) is 5.35. The third kappa shape index (κ3) is 3.75. The molecule has 0 spiro atoms. The van der Waals surface area contributed by atoms with Crippen molar-refractivity contribution in [3.05, 3.63) is 62.5 Å². The van der Waals surface area contributed by atoms with Gasteiger partial charge in [0.2, 0.25) is 0 Å². The molecule has 2 aliphatic carbocycles. The van der Waals surface area contributed by atoms with E-state index in [0.717, 1.165) is 0 Å². The van der Waals surface area contributed by atoms with Crippen LogP contribution >= 0.6 is 0 Å². The Bertz CT molecular complexity index is 841. The van der Waals surface area contributed by atoms with Crippen LogP contribution in [-0.4, -0.2) is 3.21 Å². The minimum atomic E-state index is -1.93. The molecule has 0 N–H and O–H groups in total. The molecule has 1 aromatic carbocycles. The van der Waals surface area contributed by atoms with Crippen molar-refractivity contribution in [3.63, 3.8) is 0 Å². The first-order valence-corrected chi connectivity index (χ1v) is 13.8. The van der Waals surface area contributed by atoms with Gasteiger partial charge in [0.1, 0.15) is 0 Å². The fourth-order valence-electron chi connectivity index (χ4n) is 4.31. The van der Waals surface area contributed by atoms with E-state index in [1.54, 1.807) is 23.2 Å². The monoisotopic (exact) mass is 424 g/mol. The second-order valence-corrected chi connectivity index (χ2v) is 17.7. The number of rotatable bonds is 2. The summed E-state index contributed by atoms with van der Waals surface area (Å²) in [6.45, 7) is 18.9. The third-order valence-corrected chi connectivity index (χ3v) is 13.6. The molecule has 0 saturated heterocycles. The summed E-state index contributed by atoms with van der Waals surface area (Å²) in [6.07, 6.45) is 8.78. The maximum absolute atomic E-state index is 2.66. The molecule has 1 atom stereocenters. The van der Waals surface area contributed by atoms with E-state index in [0.29, 0.717) is 3.63 Å². The topological polar surface area (TPSA) is 0 Å². The van der Waals surface area contributed by atoms with Crippen LogP contribution in [0.2, 0.25) is 0 Å². The van der Waals surface area contributed by atoms with Gasteiger partial charge in [-0.2, -0.15) is 0 Å². The minimum absolute atomic E-state index is 0.208. The zero-order valence-corrected chi connectivity index (χ0v) is 20.3. The van der Waals surface area contributed by atoms with Crippen LogP contribution in [0, 0.1) is 10.8 Å². The van der Waals surface area contributed by atoms with Gasteiger partial charge in [0.25, 0.3) is 0 Å². The van der Waals surface area contributed by atoms with Gasteiger partial charge >= 0.3 is 169 Å². The second-order valence-electron chi connectivity index (χ2n) is 10.1. The molecule has 1 unspecified atom stereocenters. The van der Waals surface area contributed by atoms with Gasteiger partial charge in [-0.05, 0) is 0 Å². The van der Waals surface area contributed by atoms with Crippen molar-refractivity contribution in [1.82, 2.24) is 0 Å². The van der Waals surface area contributed by atoms with Gasteiger partial charge in [-0.25, -0.2) is 0 Å². The number of allylic oxidation sites excluding steroid dienone is 6. The zero-order chi connectivity index (χ0) is 19.3. The molecule has 0 fully saturated rings. The SMILES string of the molecule is C[C](C)=[Zr]([C]1=CC=C(C(C)(C)C)C1)[CH]1C=C(C(C)(C)C)c2ccccc21. The molecule has 26 heavy (non-hydrogen) atoms. The molecule has 1 aromatic rings. The second kappa shape index (κ2) is 6.98. The molecule has 1 heteroatoms. The van der Waals surface area contributed by atoms with E-state index in [-0.39, 0.29) is 10.8 Å². The maximum atomic E-state index is 2.66. The number of hydrogen-bond donors (Lipinski definition) is 0. The standard InChI is InChI=1S/C13H15.C9H13.C3H6.Zr/c1-13(2,3)12-9-8-10-6-4-5-7-11(10)12;1-9(2,3)8-6-4-5-7-8;1-3-2;/h4-9H,1-3H3;4,6H,7H2,1-3H3;1-2H3;. The number of hydrogen-bond acceptors (Lipinski definition) is 0. The third-order valence-electron chi connectivity index (χ3n) is 5.75. The van der Waals surface area contributed by atoms with Crippen molar-refractivity contribution in [2.24, 2.45) is 10.8 Å². The fraction of sp³-hybridized carbons (Fsp3) is 0.480. The number of benzene rings is 1. The Morgan fingerprint density at radius 1 is 0.923 bits per heavy atom. The molecule has 0 heterocycles. The molecular formula is C25H34Zr. The molecule has 0 bridgehead atoms. The Balaban J connectivity index is 2.04. The van der Waals surface area contributed by atoms with Crippen molar-refractivity contribution in [1.29, 1.82) is 0 Å². The van der Waals surface area contributed by atoms with Gasteiger partial charge in [0, 0.05) is 0 Å². The zero-order valence-electron chi connectivity index (χ0n) is 17.8. The van der Waals surface area contributed by atoms with E-state index in [4.69, 9.17) is 0 Å². The van der Waals surface area contributed by atoms with E-state index in [1.165, 1.54) is 12.0 Å². The van der Waals surface area contributed by atoms with Crippen molar-refractivity contribution in [2.45, 2.75) is 65.4 Å². The predicted molar refractivity (Wildman–Crippen MR) is 113 cm³/mol. The first kappa shape index (κ1) is 19.9. The molecule has 3 rings (SSSR count). The quantitative estimate of drug-likeness (QED) is 0.467. The van der Waals surface area contributed by atoms with E-state index < -0.39 is 21.3 Å². The van der Waals surface area contributed by atoms with Gasteiger partial charge in [-0.15, -0.1) is 0 Å². The normalized spacial score (nSPS) is 19.7. The van der Waals surface area contributed by atoms with Crippen LogP contribution in [0.5, 0.6) is 0 Å². The van der Waals surface area contributed by atoms with Gasteiger partial charge in [-0.3, -0.25) is 0 Å². The summed E-state index contributed by atoms with van der Waals surface area (Å²) in [5.74, 6) is 0. The van der Waals surface area contributed by atoms with Crippen LogP contribution in [0.3, 0.4) is 0 Å². The Hall–Kier alpha value is -0.807. The average Bonchev–Trinajstić information content (AvgIpc) is 3.12. The van der Waals surface area contributed by atoms with Gasteiger partial charge in [0.05, 0.1) is 0 Å². The van der Waals surface area contributed by atoms with Crippen LogP contribution in [0.15, 0.2) is 51.3 Å². The van der Waals surface area contributed by atoms with Crippen LogP contribution in [0.1, 0.15) is 76.6 Å². The Morgan fingerprint density at radius 2 is 1.58 bits per heavy atom. The van der Waals surface area contributed by atoms with Crippen LogP contribution in [0.4, 0.5) is 0 Å². The fourth-order valence-corrected chi connectivity index (χ4v) is 12.2. The number of fused-ring (bicyclic) bond motifs is 1. The van der Waals surface area contributed by atoms with Crippen molar-refractivity contribution >= 4 is 8.78 Å². The van der Waals surface area contributed by atoms with Gasteiger partial charge in [-0.1, -0.05) is 0 Å². The molecular weight excluding hydrogens is 391 g/mol. The van der Waals surface area contributed by atoms with E-state index in [9.17, 15) is 0 Å². The van der Waals surface area contributed by atoms with Crippen LogP contribution in [0.25, 0.3) is 5.57 Å². The molecule has 0 nitrogen and oxygen atoms in total. The van der Waals surface area contributed by atoms with E-state index >= 15 is 0 Å². The van der Waals surface area contributed by atoms with E-state index in [2.05, 4.69) is 97.9 Å². The first-order valence-electron chi connectivity index (χ1n) is 9.89. The summed E-state index contributed by atoms with van der Waals surface area (Å²) >= 11 is -1.93. The van der Waals surface area contributed by atoms with Crippen molar-refractivity contribution in [2.75, 3.05) is 0 Å². The molecule has 138 valence electrons. The first-order chi connectivity index (χ1) is 12.0. The summed E-state index contributed by atoms with van der Waals surface area (Å²) in [7, 11) is 0. The molecule has 0 aliphatic heterocycles. The molecule has 0 aromatic heterocycles. The molecule has 2 aliphatic rings. The van der Waals surface area contributed by atoms with E-state index in [1.807, 2.05) is 0 Å². The molecule has 0 radical (unpaired) electrons. The summed E-state index contributed by atoms with van der Waals surface area (Å²) in [5.41, 5.74) is 6.76. The summed E-state index contributed by atoms with van der Waals surface area (Å²) in [4.78, 5) is 0. The van der Waals surface area contributed by atoms with Crippen LogP contribution in [-0.2, 0) is 21.3 Å². The van der Waals surface area contributed by atoms with Gasteiger partial charge in [0.15, 0.2) is 0 Å². The average molecular weight is 426 g/mol. The Labute approximate surface area is 168 Å². The molecule has 0 amide bonds.